The fourth-order valence-electron chi connectivity index (χ4n) is 1.31. The minimum atomic E-state index is -4.42. The van der Waals surface area contributed by atoms with Crippen molar-refractivity contribution in [1.29, 1.82) is 0 Å². The fourth-order valence-corrected chi connectivity index (χ4v) is 1.54. The van der Waals surface area contributed by atoms with Gasteiger partial charge in [-0.2, -0.15) is 13.2 Å². The average molecular weight is 341 g/mol. The molecule has 19 heavy (non-hydrogen) atoms. The number of halogens is 4. The lowest BCUT2D eigenvalue weighted by Gasteiger charge is -2.17. The summed E-state index contributed by atoms with van der Waals surface area (Å²) >= 11 is 3.15. The first-order valence-electron chi connectivity index (χ1n) is 5.41. The number of ether oxygens (including phenoxy) is 1. The quantitative estimate of drug-likeness (QED) is 0.837. The van der Waals surface area contributed by atoms with E-state index in [1.165, 1.54) is 12.3 Å². The number of carbonyl (C=O) groups is 1. The molecule has 0 bridgehead atoms. The molecule has 0 aromatic carbocycles. The van der Waals surface area contributed by atoms with Crippen molar-refractivity contribution in [1.82, 2.24) is 10.3 Å². The van der Waals surface area contributed by atoms with Crippen molar-refractivity contribution in [3.05, 3.63) is 28.5 Å². The van der Waals surface area contributed by atoms with Gasteiger partial charge in [-0.25, -0.2) is 4.79 Å². The summed E-state index contributed by atoms with van der Waals surface area (Å²) in [5.41, 5.74) is 0.172. The second kappa shape index (κ2) is 6.85. The topological polar surface area (TPSA) is 51.2 Å². The summed E-state index contributed by atoms with van der Waals surface area (Å²) < 4.78 is 42.0. The van der Waals surface area contributed by atoms with Crippen LogP contribution in [0.3, 0.4) is 0 Å². The van der Waals surface area contributed by atoms with Gasteiger partial charge in [0.1, 0.15) is 6.04 Å². The predicted molar refractivity (Wildman–Crippen MR) is 65.4 cm³/mol. The van der Waals surface area contributed by atoms with Crippen LogP contribution < -0.4 is 5.32 Å². The molecule has 1 unspecified atom stereocenters. The molecule has 0 amide bonds. The minimum absolute atomic E-state index is 0.0829. The Balaban J connectivity index is 2.85. The Labute approximate surface area is 116 Å². The third-order valence-electron chi connectivity index (χ3n) is 2.07. The van der Waals surface area contributed by atoms with Gasteiger partial charge in [0.05, 0.1) is 18.8 Å². The van der Waals surface area contributed by atoms with Crippen LogP contribution in [0.15, 0.2) is 22.8 Å². The van der Waals surface area contributed by atoms with Gasteiger partial charge in [-0.1, -0.05) is 0 Å². The van der Waals surface area contributed by atoms with Crippen molar-refractivity contribution >= 4 is 21.9 Å². The van der Waals surface area contributed by atoms with Gasteiger partial charge in [0.15, 0.2) is 0 Å². The zero-order valence-electron chi connectivity index (χ0n) is 10.00. The molecule has 0 fully saturated rings. The largest absolute Gasteiger partial charge is 0.465 e. The Bertz CT molecular complexity index is 423. The molecule has 106 valence electrons. The van der Waals surface area contributed by atoms with Crippen molar-refractivity contribution in [2.45, 2.75) is 19.1 Å². The van der Waals surface area contributed by atoms with Crippen LogP contribution in [0.5, 0.6) is 0 Å². The van der Waals surface area contributed by atoms with Crippen LogP contribution in [0.4, 0.5) is 13.2 Å². The third-order valence-corrected chi connectivity index (χ3v) is 2.54. The summed E-state index contributed by atoms with van der Waals surface area (Å²) in [7, 11) is 0. The lowest BCUT2D eigenvalue weighted by atomic mass is 10.2. The average Bonchev–Trinajstić information content (AvgIpc) is 2.30. The first-order chi connectivity index (χ1) is 8.83. The number of aromatic nitrogens is 1. The smallest absolute Gasteiger partial charge is 0.401 e. The van der Waals surface area contributed by atoms with E-state index in [1.54, 1.807) is 13.0 Å². The van der Waals surface area contributed by atoms with E-state index in [1.807, 2.05) is 0 Å². The van der Waals surface area contributed by atoms with Crippen molar-refractivity contribution < 1.29 is 22.7 Å². The fraction of sp³-hybridized carbons (Fsp3) is 0.455. The molecule has 0 aliphatic heterocycles. The molecule has 0 radical (unpaired) electrons. The summed E-state index contributed by atoms with van der Waals surface area (Å²) in [5.74, 6) is -0.790. The van der Waals surface area contributed by atoms with Gasteiger partial charge < -0.3 is 4.74 Å². The van der Waals surface area contributed by atoms with Gasteiger partial charge in [-0.3, -0.25) is 10.3 Å². The number of esters is 1. The molecular formula is C11H12BrF3N2O2. The van der Waals surface area contributed by atoms with E-state index in [0.717, 1.165) is 0 Å². The Hall–Kier alpha value is -1.15. The van der Waals surface area contributed by atoms with Crippen molar-refractivity contribution in [2.24, 2.45) is 0 Å². The van der Waals surface area contributed by atoms with Crippen molar-refractivity contribution in [3.63, 3.8) is 0 Å². The number of pyridine rings is 1. The second-order valence-corrected chi connectivity index (χ2v) is 4.50. The zero-order valence-corrected chi connectivity index (χ0v) is 11.6. The number of hydrogen-bond donors (Lipinski definition) is 1. The number of nitrogens with zero attached hydrogens (tertiary/aromatic N) is 1. The zero-order chi connectivity index (χ0) is 14.5. The molecule has 8 heteroatoms. The molecule has 0 saturated carbocycles. The monoisotopic (exact) mass is 340 g/mol. The van der Waals surface area contributed by atoms with Crippen molar-refractivity contribution in [2.75, 3.05) is 13.2 Å². The standard InChI is InChI=1S/C11H12BrF3N2O2/c1-2-19-10(18)9(17-6-11(13,14)15)8-4-3-7(12)5-16-8/h3-5,9,17H,2,6H2,1H3. The van der Waals surface area contributed by atoms with Crippen LogP contribution in [-0.4, -0.2) is 30.3 Å². The first kappa shape index (κ1) is 15.9. The molecule has 1 aromatic rings. The van der Waals surface area contributed by atoms with Gasteiger partial charge >= 0.3 is 12.1 Å². The highest BCUT2D eigenvalue weighted by Gasteiger charge is 2.31. The molecule has 1 N–H and O–H groups in total. The van der Waals surface area contributed by atoms with Gasteiger partial charge in [0, 0.05) is 10.7 Å². The van der Waals surface area contributed by atoms with E-state index in [9.17, 15) is 18.0 Å². The molecule has 0 aliphatic carbocycles. The van der Waals surface area contributed by atoms with Gasteiger partial charge in [-0.05, 0) is 35.0 Å². The van der Waals surface area contributed by atoms with E-state index in [-0.39, 0.29) is 12.3 Å². The van der Waals surface area contributed by atoms with Crippen LogP contribution in [0.25, 0.3) is 0 Å². The summed E-state index contributed by atoms with van der Waals surface area (Å²) in [5, 5.41) is 2.10. The maximum Gasteiger partial charge on any atom is 0.401 e. The van der Waals surface area contributed by atoms with Crippen LogP contribution >= 0.6 is 15.9 Å². The highest BCUT2D eigenvalue weighted by atomic mass is 79.9. The summed E-state index contributed by atoms with van der Waals surface area (Å²) in [6.07, 6.45) is -3.02. The van der Waals surface area contributed by atoms with Gasteiger partial charge in [0.25, 0.3) is 0 Å². The molecule has 1 aromatic heterocycles. The molecular weight excluding hydrogens is 329 g/mol. The molecule has 4 nitrogen and oxygen atoms in total. The molecule has 1 rings (SSSR count). The lowest BCUT2D eigenvalue weighted by molar-refractivity contribution is -0.149. The molecule has 1 heterocycles. The van der Waals surface area contributed by atoms with Gasteiger partial charge in [-0.15, -0.1) is 0 Å². The highest BCUT2D eigenvalue weighted by molar-refractivity contribution is 9.10. The van der Waals surface area contributed by atoms with Crippen LogP contribution in [0, 0.1) is 0 Å². The molecule has 0 spiro atoms. The Kier molecular flexibility index (Phi) is 5.74. The summed E-state index contributed by atoms with van der Waals surface area (Å²) in [6, 6.07) is 1.80. The molecule has 0 saturated heterocycles. The third kappa shape index (κ3) is 5.56. The van der Waals surface area contributed by atoms with E-state index < -0.39 is 24.7 Å². The SMILES string of the molecule is CCOC(=O)C(NCC(F)(F)F)c1ccc(Br)cn1. The normalized spacial score (nSPS) is 13.1. The van der Waals surface area contributed by atoms with Gasteiger partial charge in [0.2, 0.25) is 0 Å². The number of carbonyl (C=O) groups excluding carboxylic acids is 1. The Morgan fingerprint density at radius 3 is 2.68 bits per heavy atom. The lowest BCUT2D eigenvalue weighted by Crippen LogP contribution is -2.37. The number of alkyl halides is 3. The van der Waals surface area contributed by atoms with Crippen molar-refractivity contribution in [3.8, 4) is 0 Å². The van der Waals surface area contributed by atoms with Crippen LogP contribution in [-0.2, 0) is 9.53 Å². The highest BCUT2D eigenvalue weighted by Crippen LogP contribution is 2.18. The Morgan fingerprint density at radius 2 is 2.21 bits per heavy atom. The molecule has 0 aliphatic rings. The number of nitrogens with one attached hydrogen (secondary N) is 1. The maximum atomic E-state index is 12.2. The van der Waals surface area contributed by atoms with E-state index in [0.29, 0.717) is 4.47 Å². The molecule has 1 atom stereocenters. The summed E-state index contributed by atoms with van der Waals surface area (Å²) in [6.45, 7) is 0.363. The maximum absolute atomic E-state index is 12.2. The van der Waals surface area contributed by atoms with Crippen LogP contribution in [0.2, 0.25) is 0 Å². The minimum Gasteiger partial charge on any atom is -0.465 e. The summed E-state index contributed by atoms with van der Waals surface area (Å²) in [4.78, 5) is 15.5. The number of rotatable bonds is 5. The second-order valence-electron chi connectivity index (χ2n) is 3.58. The number of hydrogen-bond acceptors (Lipinski definition) is 4. The Morgan fingerprint density at radius 1 is 1.53 bits per heavy atom. The first-order valence-corrected chi connectivity index (χ1v) is 6.21. The van der Waals surface area contributed by atoms with E-state index in [4.69, 9.17) is 4.74 Å². The van der Waals surface area contributed by atoms with E-state index in [2.05, 4.69) is 26.2 Å². The van der Waals surface area contributed by atoms with Crippen LogP contribution in [0.1, 0.15) is 18.7 Å². The van der Waals surface area contributed by atoms with E-state index >= 15 is 0 Å². The predicted octanol–water partition coefficient (Wildman–Crippen LogP) is 2.60.